The maximum absolute atomic E-state index is 11.4. The molecule has 0 aromatic rings. The predicted molar refractivity (Wildman–Crippen MR) is 67.3 cm³/mol. The summed E-state index contributed by atoms with van der Waals surface area (Å²) in [6.07, 6.45) is -0.507. The van der Waals surface area contributed by atoms with Crippen molar-refractivity contribution < 1.29 is 24.5 Å². The van der Waals surface area contributed by atoms with Crippen molar-refractivity contribution in [2.45, 2.75) is 50.9 Å². The molecule has 0 unspecified atom stereocenters. The highest BCUT2D eigenvalue weighted by Crippen LogP contribution is 2.32. The third-order valence-corrected chi connectivity index (χ3v) is 2.60. The molecule has 0 aromatic carbocycles. The molecule has 0 aliphatic heterocycles. The van der Waals surface area contributed by atoms with Gasteiger partial charge in [0, 0.05) is 18.9 Å². The fourth-order valence-electron chi connectivity index (χ4n) is 1.74. The highest BCUT2D eigenvalue weighted by atomic mass is 16.6. The Morgan fingerprint density at radius 3 is 2.32 bits per heavy atom. The van der Waals surface area contributed by atoms with Crippen LogP contribution in [-0.4, -0.2) is 39.5 Å². The Morgan fingerprint density at radius 2 is 1.89 bits per heavy atom. The lowest BCUT2D eigenvalue weighted by Gasteiger charge is -2.41. The van der Waals surface area contributed by atoms with E-state index in [-0.39, 0.29) is 24.7 Å². The van der Waals surface area contributed by atoms with Gasteiger partial charge in [-0.05, 0) is 20.8 Å². The van der Waals surface area contributed by atoms with Crippen molar-refractivity contribution in [1.82, 2.24) is 10.6 Å². The van der Waals surface area contributed by atoms with Gasteiger partial charge in [-0.15, -0.1) is 0 Å². The Kier molecular flexibility index (Phi) is 4.09. The zero-order valence-corrected chi connectivity index (χ0v) is 11.3. The van der Waals surface area contributed by atoms with Crippen molar-refractivity contribution in [3.63, 3.8) is 0 Å². The molecule has 0 heterocycles. The quantitative estimate of drug-likeness (QED) is 0.595. The molecule has 1 rings (SSSR count). The highest BCUT2D eigenvalue weighted by molar-refractivity contribution is 5.78. The molecule has 0 saturated heterocycles. The SMILES string of the molecule is C=C(NC(=O)OC(C)(C)C)NC1CC(O)(C(=O)O)C1. The molecule has 108 valence electrons. The summed E-state index contributed by atoms with van der Waals surface area (Å²) in [5.74, 6) is -1.03. The van der Waals surface area contributed by atoms with Crippen molar-refractivity contribution in [2.75, 3.05) is 0 Å². The number of alkyl carbamates (subject to hydrolysis) is 1. The number of rotatable bonds is 4. The summed E-state index contributed by atoms with van der Waals surface area (Å²) >= 11 is 0. The number of carbonyl (C=O) groups excluding carboxylic acids is 1. The number of carboxylic acid groups (broad SMARTS) is 1. The fraction of sp³-hybridized carbons (Fsp3) is 0.667. The number of amides is 1. The van der Waals surface area contributed by atoms with Gasteiger partial charge in [0.1, 0.15) is 11.4 Å². The minimum atomic E-state index is -1.68. The molecule has 1 amide bonds. The monoisotopic (exact) mass is 272 g/mol. The van der Waals surface area contributed by atoms with Gasteiger partial charge in [0.05, 0.1) is 0 Å². The summed E-state index contributed by atoms with van der Waals surface area (Å²) in [6, 6.07) is -0.233. The topological polar surface area (TPSA) is 108 Å². The molecular formula is C12H20N2O5. The minimum absolute atomic E-state index is 0.0668. The normalized spacial score (nSPS) is 26.0. The van der Waals surface area contributed by atoms with Gasteiger partial charge in [0.25, 0.3) is 0 Å². The molecule has 0 bridgehead atoms. The van der Waals surface area contributed by atoms with E-state index in [0.29, 0.717) is 0 Å². The van der Waals surface area contributed by atoms with Crippen LogP contribution in [0.5, 0.6) is 0 Å². The molecule has 4 N–H and O–H groups in total. The third-order valence-electron chi connectivity index (χ3n) is 2.60. The van der Waals surface area contributed by atoms with Crippen LogP contribution in [0.1, 0.15) is 33.6 Å². The van der Waals surface area contributed by atoms with Crippen LogP contribution in [-0.2, 0) is 9.53 Å². The number of nitrogens with one attached hydrogen (secondary N) is 2. The minimum Gasteiger partial charge on any atom is -0.479 e. The van der Waals surface area contributed by atoms with Crippen molar-refractivity contribution in [3.8, 4) is 0 Å². The van der Waals surface area contributed by atoms with E-state index in [0.717, 1.165) is 0 Å². The van der Waals surface area contributed by atoms with Gasteiger partial charge in [-0.25, -0.2) is 9.59 Å². The van der Waals surface area contributed by atoms with Crippen LogP contribution in [0.2, 0.25) is 0 Å². The van der Waals surface area contributed by atoms with Crippen LogP contribution in [0.15, 0.2) is 12.4 Å². The average Bonchev–Trinajstić information content (AvgIpc) is 2.10. The first-order valence-electron chi connectivity index (χ1n) is 5.93. The first kappa shape index (κ1) is 15.3. The zero-order chi connectivity index (χ0) is 14.8. The number of carboxylic acids is 1. The standard InChI is InChI=1S/C12H20N2O5/c1-7(14-10(17)19-11(2,3)4)13-8-5-12(18,6-8)9(15)16/h8,13,18H,1,5-6H2,2-4H3,(H,14,17)(H,15,16). The van der Waals surface area contributed by atoms with Crippen LogP contribution in [0.4, 0.5) is 4.79 Å². The van der Waals surface area contributed by atoms with Crippen molar-refractivity contribution in [1.29, 1.82) is 0 Å². The maximum atomic E-state index is 11.4. The van der Waals surface area contributed by atoms with Crippen LogP contribution < -0.4 is 10.6 Å². The summed E-state index contributed by atoms with van der Waals surface area (Å²) in [6.45, 7) is 8.80. The molecule has 7 heteroatoms. The Bertz CT molecular complexity index is 393. The van der Waals surface area contributed by atoms with Crippen molar-refractivity contribution in [3.05, 3.63) is 12.4 Å². The van der Waals surface area contributed by atoms with Gasteiger partial charge in [0.2, 0.25) is 0 Å². The summed E-state index contributed by atoms with van der Waals surface area (Å²) in [4.78, 5) is 22.1. The van der Waals surface area contributed by atoms with Gasteiger partial charge in [-0.2, -0.15) is 0 Å². The Morgan fingerprint density at radius 1 is 1.37 bits per heavy atom. The lowest BCUT2D eigenvalue weighted by Crippen LogP contribution is -2.58. The number of hydrogen-bond donors (Lipinski definition) is 4. The summed E-state index contributed by atoms with van der Waals surface area (Å²) in [5.41, 5.74) is -2.28. The second kappa shape index (κ2) is 5.08. The lowest BCUT2D eigenvalue weighted by molar-refractivity contribution is -0.170. The van der Waals surface area contributed by atoms with Crippen molar-refractivity contribution in [2.24, 2.45) is 0 Å². The molecule has 1 fully saturated rings. The van der Waals surface area contributed by atoms with E-state index >= 15 is 0 Å². The van der Waals surface area contributed by atoms with Crippen LogP contribution in [0.3, 0.4) is 0 Å². The van der Waals surface area contributed by atoms with Gasteiger partial charge in [0.15, 0.2) is 5.60 Å². The summed E-state index contributed by atoms with van der Waals surface area (Å²) in [7, 11) is 0. The second-order valence-corrected chi connectivity index (χ2v) is 5.69. The molecule has 0 spiro atoms. The number of carbonyl (C=O) groups is 2. The van der Waals surface area contributed by atoms with Crippen molar-refractivity contribution >= 4 is 12.1 Å². The Labute approximate surface area is 111 Å². The molecule has 0 radical (unpaired) electrons. The third kappa shape index (κ3) is 4.44. The number of ether oxygens (including phenoxy) is 1. The summed E-state index contributed by atoms with van der Waals surface area (Å²) in [5, 5.41) is 23.5. The molecule has 0 atom stereocenters. The van der Waals surface area contributed by atoms with E-state index in [4.69, 9.17) is 9.84 Å². The van der Waals surface area contributed by atoms with E-state index in [1.807, 2.05) is 0 Å². The maximum Gasteiger partial charge on any atom is 0.413 e. The largest absolute Gasteiger partial charge is 0.479 e. The number of aliphatic hydroxyl groups is 1. The Balaban J connectivity index is 2.31. The smallest absolute Gasteiger partial charge is 0.413 e. The predicted octanol–water partition coefficient (Wildman–Crippen LogP) is 0.550. The zero-order valence-electron chi connectivity index (χ0n) is 11.3. The van der Waals surface area contributed by atoms with Gasteiger partial charge in [-0.3, -0.25) is 5.32 Å². The van der Waals surface area contributed by atoms with E-state index in [1.165, 1.54) is 0 Å². The van der Waals surface area contributed by atoms with E-state index in [1.54, 1.807) is 20.8 Å². The first-order valence-corrected chi connectivity index (χ1v) is 5.93. The average molecular weight is 272 g/mol. The molecule has 19 heavy (non-hydrogen) atoms. The van der Waals surface area contributed by atoms with Crippen LogP contribution in [0, 0.1) is 0 Å². The first-order chi connectivity index (χ1) is 8.52. The second-order valence-electron chi connectivity index (χ2n) is 5.69. The van der Waals surface area contributed by atoms with E-state index in [2.05, 4.69) is 17.2 Å². The number of aliphatic carboxylic acids is 1. The molecule has 1 aliphatic rings. The molecule has 1 saturated carbocycles. The number of hydrogen-bond acceptors (Lipinski definition) is 5. The molecule has 0 aromatic heterocycles. The van der Waals surface area contributed by atoms with Crippen LogP contribution >= 0.6 is 0 Å². The fourth-order valence-corrected chi connectivity index (χ4v) is 1.74. The Hall–Kier alpha value is -1.76. The summed E-state index contributed by atoms with van der Waals surface area (Å²) < 4.78 is 5.03. The van der Waals surface area contributed by atoms with E-state index in [9.17, 15) is 14.7 Å². The molecule has 7 nitrogen and oxygen atoms in total. The van der Waals surface area contributed by atoms with Gasteiger partial charge >= 0.3 is 12.1 Å². The van der Waals surface area contributed by atoms with Gasteiger partial charge in [-0.1, -0.05) is 6.58 Å². The van der Waals surface area contributed by atoms with Crippen LogP contribution in [0.25, 0.3) is 0 Å². The van der Waals surface area contributed by atoms with E-state index < -0.39 is 23.3 Å². The van der Waals surface area contributed by atoms with Gasteiger partial charge < -0.3 is 20.3 Å². The highest BCUT2D eigenvalue weighted by Gasteiger charge is 2.49. The lowest BCUT2D eigenvalue weighted by atomic mass is 9.76. The molecular weight excluding hydrogens is 252 g/mol. The molecule has 1 aliphatic carbocycles.